The third-order valence-corrected chi connectivity index (χ3v) is 8.35. The smallest absolute Gasteiger partial charge is 0.351 e. The van der Waals surface area contributed by atoms with Crippen LogP contribution in [0.5, 0.6) is 0 Å². The zero-order valence-electron chi connectivity index (χ0n) is 22.6. The number of hydrogen-bond donors (Lipinski definition) is 1. The van der Waals surface area contributed by atoms with Crippen molar-refractivity contribution < 1.29 is 35.5 Å². The molecule has 14 heteroatoms. The van der Waals surface area contributed by atoms with Gasteiger partial charge in [-0.2, -0.15) is 31.1 Å². The monoisotopic (exact) mass is 598 g/mol. The summed E-state index contributed by atoms with van der Waals surface area (Å²) in [4.78, 5) is 17.2. The first-order chi connectivity index (χ1) is 19.7. The molecule has 0 spiro atoms. The number of amides is 1. The van der Waals surface area contributed by atoms with Crippen molar-refractivity contribution in [3.8, 4) is 0 Å². The summed E-state index contributed by atoms with van der Waals surface area (Å²) in [6.07, 6.45) is -7.01. The minimum atomic E-state index is -4.99. The lowest BCUT2D eigenvalue weighted by Gasteiger charge is -2.37. The summed E-state index contributed by atoms with van der Waals surface area (Å²) < 4.78 is 93.3. The van der Waals surface area contributed by atoms with Crippen LogP contribution >= 0.6 is 0 Å². The molecule has 42 heavy (non-hydrogen) atoms. The van der Waals surface area contributed by atoms with E-state index in [1.165, 1.54) is 24.0 Å². The summed E-state index contributed by atoms with van der Waals surface area (Å²) in [7, 11) is 1.54. The lowest BCUT2D eigenvalue weighted by molar-refractivity contribution is -0.143. The molecule has 2 aliphatic rings. The molecule has 1 amide bonds. The molecular weight excluding hydrogens is 569 g/mol. The van der Waals surface area contributed by atoms with Gasteiger partial charge in [-0.05, 0) is 97.8 Å². The molecule has 1 saturated heterocycles. The van der Waals surface area contributed by atoms with Crippen LogP contribution < -0.4 is 5.32 Å². The summed E-state index contributed by atoms with van der Waals surface area (Å²) in [6.45, 7) is 0.965. The Morgan fingerprint density at radius 2 is 1.60 bits per heavy atom. The molecule has 1 N–H and O–H groups in total. The molecule has 1 saturated carbocycles. The molecule has 3 aromatic rings. The molecule has 1 aliphatic carbocycles. The van der Waals surface area contributed by atoms with E-state index in [-0.39, 0.29) is 35.2 Å². The first kappa shape index (κ1) is 29.9. The van der Waals surface area contributed by atoms with Crippen molar-refractivity contribution in [1.29, 1.82) is 0 Å². The van der Waals surface area contributed by atoms with Crippen LogP contribution in [-0.4, -0.2) is 50.1 Å². The van der Waals surface area contributed by atoms with E-state index in [9.17, 15) is 35.5 Å². The lowest BCUT2D eigenvalue weighted by atomic mass is 9.83. The standard InChI is InChI=1S/C28H29F7N6O/c1-40-38-24(37-39-40)26(25(42)36-16-17-12-20(27(30,31)32)14-21(13-17)28(33,34)35)9-6-23(15-26)41-10-7-19(8-11-41)18-2-4-22(29)5-3-18/h2-5,12-14,19,23H,6-11,15-16H2,1H3,(H,36,42). The summed E-state index contributed by atoms with van der Waals surface area (Å²) in [5, 5.41) is 14.8. The van der Waals surface area contributed by atoms with Gasteiger partial charge in [0, 0.05) is 12.6 Å². The van der Waals surface area contributed by atoms with E-state index >= 15 is 0 Å². The molecule has 1 aliphatic heterocycles. The first-order valence-electron chi connectivity index (χ1n) is 13.6. The van der Waals surface area contributed by atoms with E-state index in [0.717, 1.165) is 31.5 Å². The van der Waals surface area contributed by atoms with Crippen molar-refractivity contribution in [3.05, 3.63) is 76.4 Å². The van der Waals surface area contributed by atoms with Gasteiger partial charge in [0.15, 0.2) is 5.82 Å². The van der Waals surface area contributed by atoms with Gasteiger partial charge < -0.3 is 10.2 Å². The number of likely N-dealkylation sites (tertiary alicyclic amines) is 1. The zero-order chi connectivity index (χ0) is 30.3. The largest absolute Gasteiger partial charge is 0.416 e. The SMILES string of the molecule is Cn1nnc(C2(C(=O)NCc3cc(C(F)(F)F)cc(C(F)(F)F)c3)CCC(N3CCC(c4ccc(F)cc4)CC3)C2)n1. The van der Waals surface area contributed by atoms with Crippen LogP contribution in [0.4, 0.5) is 30.7 Å². The van der Waals surface area contributed by atoms with E-state index < -0.39 is 41.3 Å². The molecule has 0 bridgehead atoms. The number of piperidine rings is 1. The quantitative estimate of drug-likeness (QED) is 0.386. The van der Waals surface area contributed by atoms with Gasteiger partial charge in [0.05, 0.1) is 18.2 Å². The number of aryl methyl sites for hydroxylation is 1. The molecule has 2 fully saturated rings. The third kappa shape index (κ3) is 6.27. The number of nitrogens with zero attached hydrogens (tertiary/aromatic N) is 5. The predicted molar refractivity (Wildman–Crippen MR) is 136 cm³/mol. The van der Waals surface area contributed by atoms with Crippen LogP contribution in [-0.2, 0) is 36.2 Å². The minimum absolute atomic E-state index is 0.0147. The first-order valence-corrected chi connectivity index (χ1v) is 13.6. The fourth-order valence-electron chi connectivity index (χ4n) is 6.12. The van der Waals surface area contributed by atoms with Crippen LogP contribution in [0.2, 0.25) is 0 Å². The summed E-state index contributed by atoms with van der Waals surface area (Å²) >= 11 is 0. The van der Waals surface area contributed by atoms with Crippen LogP contribution in [0.1, 0.15) is 66.1 Å². The number of carbonyl (C=O) groups excluding carboxylic acids is 1. The topological polar surface area (TPSA) is 75.9 Å². The van der Waals surface area contributed by atoms with Crippen molar-refractivity contribution in [2.24, 2.45) is 7.05 Å². The lowest BCUT2D eigenvalue weighted by Crippen LogP contribution is -2.46. The summed E-state index contributed by atoms with van der Waals surface area (Å²) in [5.41, 5.74) is -3.40. The third-order valence-electron chi connectivity index (χ3n) is 8.35. The molecule has 5 rings (SSSR count). The number of halogens is 7. The Kier molecular flexibility index (Phi) is 8.03. The highest BCUT2D eigenvalue weighted by atomic mass is 19.4. The Morgan fingerprint density at radius 1 is 0.976 bits per heavy atom. The van der Waals surface area contributed by atoms with Crippen molar-refractivity contribution in [2.45, 2.75) is 68.4 Å². The molecule has 7 nitrogen and oxygen atoms in total. The second-order valence-corrected chi connectivity index (χ2v) is 11.0. The number of carbonyl (C=O) groups is 1. The predicted octanol–water partition coefficient (Wildman–Crippen LogP) is 5.37. The maximum absolute atomic E-state index is 13.7. The highest BCUT2D eigenvalue weighted by molar-refractivity contribution is 5.87. The van der Waals surface area contributed by atoms with Crippen molar-refractivity contribution >= 4 is 5.91 Å². The van der Waals surface area contributed by atoms with Gasteiger partial charge in [0.25, 0.3) is 0 Å². The van der Waals surface area contributed by atoms with Crippen molar-refractivity contribution in [2.75, 3.05) is 13.1 Å². The van der Waals surface area contributed by atoms with Gasteiger partial charge in [-0.1, -0.05) is 12.1 Å². The molecular formula is C28H29F7N6O. The van der Waals surface area contributed by atoms with E-state index in [4.69, 9.17) is 0 Å². The number of tetrazole rings is 1. The number of benzene rings is 2. The molecule has 1 aromatic heterocycles. The number of aromatic nitrogens is 4. The van der Waals surface area contributed by atoms with Crippen molar-refractivity contribution in [1.82, 2.24) is 30.4 Å². The second kappa shape index (κ2) is 11.3. The van der Waals surface area contributed by atoms with Gasteiger partial charge in [0.2, 0.25) is 5.91 Å². The zero-order valence-corrected chi connectivity index (χ0v) is 22.6. The Bertz CT molecular complexity index is 1380. The number of hydrogen-bond acceptors (Lipinski definition) is 5. The molecule has 2 heterocycles. The number of alkyl halides is 6. The molecule has 0 radical (unpaired) electrons. The van der Waals surface area contributed by atoms with Gasteiger partial charge in [-0.3, -0.25) is 4.79 Å². The molecule has 2 aromatic carbocycles. The average molecular weight is 599 g/mol. The fraction of sp³-hybridized carbons (Fsp3) is 0.500. The van der Waals surface area contributed by atoms with E-state index in [2.05, 4.69) is 25.6 Å². The fourth-order valence-corrected chi connectivity index (χ4v) is 6.12. The summed E-state index contributed by atoms with van der Waals surface area (Å²) in [5.74, 6) is -0.424. The van der Waals surface area contributed by atoms with Crippen LogP contribution in [0.25, 0.3) is 0 Å². The van der Waals surface area contributed by atoms with Gasteiger partial charge in [0.1, 0.15) is 11.2 Å². The molecule has 226 valence electrons. The Balaban J connectivity index is 1.31. The van der Waals surface area contributed by atoms with Crippen LogP contribution in [0.15, 0.2) is 42.5 Å². The second-order valence-electron chi connectivity index (χ2n) is 11.0. The number of nitrogens with one attached hydrogen (secondary N) is 1. The van der Waals surface area contributed by atoms with E-state index in [0.29, 0.717) is 31.4 Å². The Hall–Kier alpha value is -3.55. The maximum atomic E-state index is 13.7. The highest BCUT2D eigenvalue weighted by Gasteiger charge is 2.51. The van der Waals surface area contributed by atoms with Gasteiger partial charge in [-0.25, -0.2) is 4.39 Å². The van der Waals surface area contributed by atoms with Crippen LogP contribution in [0, 0.1) is 5.82 Å². The highest BCUT2D eigenvalue weighted by Crippen LogP contribution is 2.43. The number of rotatable bonds is 6. The van der Waals surface area contributed by atoms with Crippen molar-refractivity contribution in [3.63, 3.8) is 0 Å². The van der Waals surface area contributed by atoms with Gasteiger partial charge >= 0.3 is 12.4 Å². The van der Waals surface area contributed by atoms with E-state index in [1.807, 2.05) is 0 Å². The average Bonchev–Trinajstić information content (AvgIpc) is 3.59. The maximum Gasteiger partial charge on any atom is 0.416 e. The van der Waals surface area contributed by atoms with Crippen LogP contribution in [0.3, 0.4) is 0 Å². The summed E-state index contributed by atoms with van der Waals surface area (Å²) in [6, 6.07) is 7.73. The molecule has 2 unspecified atom stereocenters. The normalized spacial score (nSPS) is 22.4. The molecule has 2 atom stereocenters. The van der Waals surface area contributed by atoms with E-state index in [1.54, 1.807) is 12.1 Å². The Morgan fingerprint density at radius 3 is 2.14 bits per heavy atom. The van der Waals surface area contributed by atoms with Gasteiger partial charge in [-0.15, -0.1) is 10.2 Å². The minimum Gasteiger partial charge on any atom is -0.351 e. The Labute approximate surface area is 237 Å².